The second-order valence-corrected chi connectivity index (χ2v) is 6.22. The number of ether oxygens (including phenoxy) is 1. The first-order valence-corrected chi connectivity index (χ1v) is 7.56. The summed E-state index contributed by atoms with van der Waals surface area (Å²) in [6.07, 6.45) is 12.0. The van der Waals surface area contributed by atoms with Gasteiger partial charge in [-0.25, -0.2) is 4.98 Å². The van der Waals surface area contributed by atoms with Crippen molar-refractivity contribution in [2.45, 2.75) is 70.0 Å². The number of nitrogens with zero attached hydrogens (tertiary/aromatic N) is 1. The highest BCUT2D eigenvalue weighted by Gasteiger charge is 2.40. The third-order valence-electron chi connectivity index (χ3n) is 4.86. The van der Waals surface area contributed by atoms with E-state index in [1.165, 1.54) is 56.1 Å². The molecule has 1 spiro atoms. The topological polar surface area (TPSA) is 48.1 Å². The van der Waals surface area contributed by atoms with Crippen LogP contribution in [0.15, 0.2) is 12.3 Å². The fourth-order valence-corrected chi connectivity index (χ4v) is 3.71. The lowest BCUT2D eigenvalue weighted by Crippen LogP contribution is -2.32. The molecule has 1 atom stereocenters. The van der Waals surface area contributed by atoms with Crippen molar-refractivity contribution in [3.63, 3.8) is 0 Å². The molecule has 1 aliphatic heterocycles. The van der Waals surface area contributed by atoms with Crippen molar-refractivity contribution < 1.29 is 4.74 Å². The summed E-state index contributed by atoms with van der Waals surface area (Å²) in [6.45, 7) is 2.11. The van der Waals surface area contributed by atoms with Crippen molar-refractivity contribution in [3.8, 4) is 0 Å². The minimum atomic E-state index is 0.202. The Morgan fingerprint density at radius 3 is 2.84 bits per heavy atom. The molecular weight excluding hydrogens is 236 g/mol. The van der Waals surface area contributed by atoms with Gasteiger partial charge in [-0.1, -0.05) is 19.3 Å². The van der Waals surface area contributed by atoms with E-state index in [-0.39, 0.29) is 5.60 Å². The maximum atomic E-state index is 6.42. The minimum absolute atomic E-state index is 0.202. The van der Waals surface area contributed by atoms with E-state index in [1.54, 1.807) is 6.20 Å². The van der Waals surface area contributed by atoms with Gasteiger partial charge in [0.05, 0.1) is 11.7 Å². The van der Waals surface area contributed by atoms with E-state index < -0.39 is 0 Å². The Morgan fingerprint density at radius 1 is 1.32 bits per heavy atom. The first-order chi connectivity index (χ1) is 9.19. The standard InChI is InChI=1S/C16H24N2O/c1-12-6-10-18-15(17)14(12)11-13-5-9-16(19-13)7-3-2-4-8-16/h6,10,13H,2-5,7-9,11H2,1H3,(H2,17,18). The van der Waals surface area contributed by atoms with Crippen LogP contribution in [0.3, 0.4) is 0 Å². The number of nitrogens with two attached hydrogens (primary N) is 1. The summed E-state index contributed by atoms with van der Waals surface area (Å²) < 4.78 is 6.42. The zero-order valence-corrected chi connectivity index (χ0v) is 11.8. The molecule has 104 valence electrons. The Morgan fingerprint density at radius 2 is 2.11 bits per heavy atom. The highest BCUT2D eigenvalue weighted by molar-refractivity contribution is 5.44. The molecular formula is C16H24N2O. The van der Waals surface area contributed by atoms with E-state index in [9.17, 15) is 0 Å². The fourth-order valence-electron chi connectivity index (χ4n) is 3.71. The van der Waals surface area contributed by atoms with Crippen LogP contribution in [0.25, 0.3) is 0 Å². The normalized spacial score (nSPS) is 25.8. The quantitative estimate of drug-likeness (QED) is 0.886. The number of anilines is 1. The second-order valence-electron chi connectivity index (χ2n) is 6.22. The first kappa shape index (κ1) is 12.9. The third kappa shape index (κ3) is 2.62. The molecule has 1 aliphatic carbocycles. The Balaban J connectivity index is 1.69. The summed E-state index contributed by atoms with van der Waals surface area (Å²) >= 11 is 0. The number of pyridine rings is 1. The molecule has 1 saturated heterocycles. The van der Waals surface area contributed by atoms with E-state index in [2.05, 4.69) is 11.9 Å². The monoisotopic (exact) mass is 260 g/mol. The summed E-state index contributed by atoms with van der Waals surface area (Å²) in [6, 6.07) is 2.04. The van der Waals surface area contributed by atoms with E-state index >= 15 is 0 Å². The number of aryl methyl sites for hydroxylation is 1. The lowest BCUT2D eigenvalue weighted by Gasteiger charge is -2.33. The molecule has 1 aromatic heterocycles. The van der Waals surface area contributed by atoms with Crippen LogP contribution in [0.4, 0.5) is 5.82 Å². The van der Waals surface area contributed by atoms with Gasteiger partial charge >= 0.3 is 0 Å². The molecule has 0 bridgehead atoms. The van der Waals surface area contributed by atoms with Gasteiger partial charge in [0.1, 0.15) is 5.82 Å². The molecule has 0 aromatic carbocycles. The van der Waals surface area contributed by atoms with Crippen LogP contribution in [0.1, 0.15) is 56.1 Å². The van der Waals surface area contributed by atoms with Crippen molar-refractivity contribution in [1.29, 1.82) is 0 Å². The van der Waals surface area contributed by atoms with E-state index in [1.807, 2.05) is 6.07 Å². The van der Waals surface area contributed by atoms with Crippen molar-refractivity contribution in [1.82, 2.24) is 4.98 Å². The second kappa shape index (κ2) is 5.12. The number of aromatic nitrogens is 1. The molecule has 1 saturated carbocycles. The summed E-state index contributed by atoms with van der Waals surface area (Å²) in [5.74, 6) is 0.674. The molecule has 0 radical (unpaired) electrons. The molecule has 3 rings (SSSR count). The van der Waals surface area contributed by atoms with Gasteiger partial charge in [-0.3, -0.25) is 0 Å². The van der Waals surface area contributed by atoms with Gasteiger partial charge in [-0.2, -0.15) is 0 Å². The van der Waals surface area contributed by atoms with Crippen LogP contribution >= 0.6 is 0 Å². The molecule has 2 fully saturated rings. The third-order valence-corrected chi connectivity index (χ3v) is 4.86. The van der Waals surface area contributed by atoms with Crippen molar-refractivity contribution >= 4 is 5.82 Å². The van der Waals surface area contributed by atoms with Crippen LogP contribution in [0, 0.1) is 6.92 Å². The van der Waals surface area contributed by atoms with Gasteiger partial charge in [0, 0.05) is 12.6 Å². The Bertz CT molecular complexity index is 432. The Hall–Kier alpha value is -1.09. The van der Waals surface area contributed by atoms with E-state index in [0.29, 0.717) is 11.9 Å². The van der Waals surface area contributed by atoms with Crippen molar-refractivity contribution in [2.75, 3.05) is 5.73 Å². The molecule has 2 N–H and O–H groups in total. The van der Waals surface area contributed by atoms with Crippen molar-refractivity contribution in [3.05, 3.63) is 23.4 Å². The number of hydrogen-bond donors (Lipinski definition) is 1. The first-order valence-electron chi connectivity index (χ1n) is 7.56. The molecule has 19 heavy (non-hydrogen) atoms. The predicted molar refractivity (Wildman–Crippen MR) is 77.0 cm³/mol. The van der Waals surface area contributed by atoms with Gasteiger partial charge in [0.25, 0.3) is 0 Å². The summed E-state index contributed by atoms with van der Waals surface area (Å²) in [5, 5.41) is 0. The molecule has 0 amide bonds. The maximum Gasteiger partial charge on any atom is 0.126 e. The highest BCUT2D eigenvalue weighted by Crippen LogP contribution is 2.42. The lowest BCUT2D eigenvalue weighted by molar-refractivity contribution is -0.0628. The Kier molecular flexibility index (Phi) is 3.48. The van der Waals surface area contributed by atoms with Crippen molar-refractivity contribution in [2.24, 2.45) is 0 Å². The minimum Gasteiger partial charge on any atom is -0.383 e. The molecule has 1 unspecified atom stereocenters. The van der Waals surface area contributed by atoms with Crippen LogP contribution in [-0.2, 0) is 11.2 Å². The number of hydrogen-bond acceptors (Lipinski definition) is 3. The van der Waals surface area contributed by atoms with E-state index in [4.69, 9.17) is 10.5 Å². The average molecular weight is 260 g/mol. The summed E-state index contributed by atoms with van der Waals surface area (Å²) in [7, 11) is 0. The van der Waals surface area contributed by atoms with Gasteiger partial charge in [0.2, 0.25) is 0 Å². The van der Waals surface area contributed by atoms with Gasteiger partial charge in [0.15, 0.2) is 0 Å². The SMILES string of the molecule is Cc1ccnc(N)c1CC1CCC2(CCCCC2)O1. The van der Waals surface area contributed by atoms with Gasteiger partial charge < -0.3 is 10.5 Å². The number of rotatable bonds is 2. The van der Waals surface area contributed by atoms with Crippen LogP contribution in [0.5, 0.6) is 0 Å². The smallest absolute Gasteiger partial charge is 0.126 e. The highest BCUT2D eigenvalue weighted by atomic mass is 16.5. The van der Waals surface area contributed by atoms with Gasteiger partial charge in [-0.05, 0) is 49.8 Å². The van der Waals surface area contributed by atoms with Crippen LogP contribution < -0.4 is 5.73 Å². The summed E-state index contributed by atoms with van der Waals surface area (Å²) in [4.78, 5) is 4.21. The molecule has 1 aromatic rings. The largest absolute Gasteiger partial charge is 0.383 e. The van der Waals surface area contributed by atoms with Gasteiger partial charge in [-0.15, -0.1) is 0 Å². The molecule has 2 aliphatic rings. The zero-order chi connectivity index (χ0) is 13.3. The predicted octanol–water partition coefficient (Wildman–Crippen LogP) is 3.40. The van der Waals surface area contributed by atoms with E-state index in [0.717, 1.165) is 6.42 Å². The van der Waals surface area contributed by atoms with Crippen LogP contribution in [0.2, 0.25) is 0 Å². The average Bonchev–Trinajstić information content (AvgIpc) is 2.78. The zero-order valence-electron chi connectivity index (χ0n) is 11.8. The molecule has 3 heteroatoms. The summed E-state index contributed by atoms with van der Waals surface area (Å²) in [5.41, 5.74) is 8.62. The number of nitrogen functional groups attached to an aromatic ring is 1. The fraction of sp³-hybridized carbons (Fsp3) is 0.688. The van der Waals surface area contributed by atoms with Crippen LogP contribution in [-0.4, -0.2) is 16.7 Å². The lowest BCUT2D eigenvalue weighted by atomic mass is 9.83. The maximum absolute atomic E-state index is 6.42. The molecule has 3 nitrogen and oxygen atoms in total. The molecule has 2 heterocycles. The Labute approximate surface area is 115 Å².